The molecular formula is C15H14F2N2. The van der Waals surface area contributed by atoms with Crippen molar-refractivity contribution in [2.24, 2.45) is 0 Å². The Morgan fingerprint density at radius 1 is 1.11 bits per heavy atom. The van der Waals surface area contributed by atoms with Gasteiger partial charge in [0.05, 0.1) is 5.69 Å². The van der Waals surface area contributed by atoms with E-state index < -0.39 is 5.82 Å². The highest BCUT2D eigenvalue weighted by atomic mass is 19.1. The van der Waals surface area contributed by atoms with E-state index >= 15 is 0 Å². The van der Waals surface area contributed by atoms with E-state index in [0.29, 0.717) is 6.54 Å². The van der Waals surface area contributed by atoms with Gasteiger partial charge in [0.1, 0.15) is 11.6 Å². The molecule has 0 spiro atoms. The first-order chi connectivity index (χ1) is 9.13. The van der Waals surface area contributed by atoms with Gasteiger partial charge in [0, 0.05) is 18.8 Å². The zero-order chi connectivity index (χ0) is 13.4. The summed E-state index contributed by atoms with van der Waals surface area (Å²) in [5.74, 6) is -0.648. The van der Waals surface area contributed by atoms with Crippen LogP contribution in [-0.2, 0) is 13.0 Å². The molecule has 98 valence electrons. The number of nitrogens with zero attached hydrogens (tertiary/aromatic N) is 1. The van der Waals surface area contributed by atoms with E-state index in [0.717, 1.165) is 29.8 Å². The second-order valence-electron chi connectivity index (χ2n) is 4.80. The smallest absolute Gasteiger partial charge is 0.146 e. The van der Waals surface area contributed by atoms with Crippen molar-refractivity contribution in [3.05, 3.63) is 59.2 Å². The minimum Gasteiger partial charge on any atom is -0.396 e. The van der Waals surface area contributed by atoms with Crippen molar-refractivity contribution in [1.29, 1.82) is 0 Å². The van der Waals surface area contributed by atoms with Crippen molar-refractivity contribution in [2.45, 2.75) is 13.0 Å². The van der Waals surface area contributed by atoms with Gasteiger partial charge in [-0.1, -0.05) is 12.1 Å². The summed E-state index contributed by atoms with van der Waals surface area (Å²) in [5.41, 5.74) is 8.48. The Balaban J connectivity index is 1.86. The lowest BCUT2D eigenvalue weighted by Crippen LogP contribution is -2.19. The highest BCUT2D eigenvalue weighted by Crippen LogP contribution is 2.30. The first-order valence-electron chi connectivity index (χ1n) is 6.21. The van der Waals surface area contributed by atoms with Gasteiger partial charge in [-0.15, -0.1) is 0 Å². The van der Waals surface area contributed by atoms with Gasteiger partial charge >= 0.3 is 0 Å². The summed E-state index contributed by atoms with van der Waals surface area (Å²) in [6.07, 6.45) is 0.896. The van der Waals surface area contributed by atoms with Gasteiger partial charge in [-0.3, -0.25) is 0 Å². The zero-order valence-electron chi connectivity index (χ0n) is 10.4. The van der Waals surface area contributed by atoms with Gasteiger partial charge in [-0.2, -0.15) is 0 Å². The van der Waals surface area contributed by atoms with E-state index in [1.165, 1.54) is 18.2 Å². The topological polar surface area (TPSA) is 29.3 Å². The molecule has 2 nitrogen and oxygen atoms in total. The summed E-state index contributed by atoms with van der Waals surface area (Å²) in [6.45, 7) is 1.39. The maximum absolute atomic E-state index is 13.4. The molecule has 3 rings (SSSR count). The predicted molar refractivity (Wildman–Crippen MR) is 72.0 cm³/mol. The Morgan fingerprint density at radius 2 is 1.95 bits per heavy atom. The molecule has 2 aromatic carbocycles. The molecule has 2 aromatic rings. The molecule has 0 atom stereocenters. The third-order valence-corrected chi connectivity index (χ3v) is 3.48. The van der Waals surface area contributed by atoms with Crippen molar-refractivity contribution in [1.82, 2.24) is 0 Å². The molecule has 19 heavy (non-hydrogen) atoms. The molecule has 0 aliphatic carbocycles. The molecule has 2 N–H and O–H groups in total. The van der Waals surface area contributed by atoms with Crippen LogP contribution < -0.4 is 10.6 Å². The molecule has 1 heterocycles. The van der Waals surface area contributed by atoms with Crippen molar-refractivity contribution in [2.75, 3.05) is 17.2 Å². The number of halogens is 2. The van der Waals surface area contributed by atoms with Crippen LogP contribution in [0.3, 0.4) is 0 Å². The summed E-state index contributed by atoms with van der Waals surface area (Å²) in [4.78, 5) is 2.06. The van der Waals surface area contributed by atoms with E-state index in [1.54, 1.807) is 12.1 Å². The summed E-state index contributed by atoms with van der Waals surface area (Å²) in [5, 5.41) is 0. The van der Waals surface area contributed by atoms with Crippen LogP contribution in [0.5, 0.6) is 0 Å². The average molecular weight is 260 g/mol. The normalized spacial score (nSPS) is 13.7. The lowest BCUT2D eigenvalue weighted by Gasteiger charge is -2.19. The molecule has 1 aliphatic rings. The highest BCUT2D eigenvalue weighted by Gasteiger charge is 2.19. The maximum Gasteiger partial charge on any atom is 0.146 e. The third kappa shape index (κ3) is 2.26. The van der Waals surface area contributed by atoms with Crippen LogP contribution in [0, 0.1) is 11.6 Å². The van der Waals surface area contributed by atoms with Crippen LogP contribution in [-0.4, -0.2) is 6.54 Å². The van der Waals surface area contributed by atoms with Crippen LogP contribution in [0.4, 0.5) is 20.2 Å². The van der Waals surface area contributed by atoms with Gasteiger partial charge in [0.15, 0.2) is 0 Å². The van der Waals surface area contributed by atoms with Crippen LogP contribution in [0.1, 0.15) is 11.1 Å². The molecule has 0 aromatic heterocycles. The molecule has 0 saturated carbocycles. The Labute approximate surface area is 110 Å². The molecule has 0 fully saturated rings. The van der Waals surface area contributed by atoms with E-state index in [4.69, 9.17) is 5.73 Å². The average Bonchev–Trinajstić information content (AvgIpc) is 2.77. The number of hydrogen-bond donors (Lipinski definition) is 1. The zero-order valence-corrected chi connectivity index (χ0v) is 10.4. The number of nitrogen functional groups attached to an aromatic ring is 1. The van der Waals surface area contributed by atoms with Gasteiger partial charge in [-0.05, 0) is 41.8 Å². The molecule has 0 radical (unpaired) electrons. The van der Waals surface area contributed by atoms with Crippen LogP contribution in [0.25, 0.3) is 0 Å². The summed E-state index contributed by atoms with van der Waals surface area (Å²) in [6, 6.07) is 9.63. The summed E-state index contributed by atoms with van der Waals surface area (Å²) >= 11 is 0. The standard InChI is InChI=1S/C15H14F2N2/c16-12-3-2-11-5-6-19(15(11)8-12)9-10-1-4-14(18)13(17)7-10/h1-4,7-8H,5-6,9,18H2. The van der Waals surface area contributed by atoms with E-state index in [9.17, 15) is 8.78 Å². The quantitative estimate of drug-likeness (QED) is 0.841. The predicted octanol–water partition coefficient (Wildman–Crippen LogP) is 3.11. The summed E-state index contributed by atoms with van der Waals surface area (Å²) in [7, 11) is 0. The summed E-state index contributed by atoms with van der Waals surface area (Å²) < 4.78 is 26.7. The molecule has 4 heteroatoms. The van der Waals surface area contributed by atoms with Gasteiger partial charge in [0.2, 0.25) is 0 Å². The molecular weight excluding hydrogens is 246 g/mol. The van der Waals surface area contributed by atoms with Crippen molar-refractivity contribution < 1.29 is 8.78 Å². The minimum absolute atomic E-state index is 0.150. The fourth-order valence-electron chi connectivity index (χ4n) is 2.47. The Bertz CT molecular complexity index is 626. The number of nitrogens with two attached hydrogens (primary N) is 1. The lowest BCUT2D eigenvalue weighted by atomic mass is 10.1. The van der Waals surface area contributed by atoms with E-state index in [2.05, 4.69) is 4.90 Å². The molecule has 0 unspecified atom stereocenters. The number of hydrogen-bond acceptors (Lipinski definition) is 2. The number of rotatable bonds is 2. The van der Waals surface area contributed by atoms with Gasteiger partial charge in [-0.25, -0.2) is 8.78 Å². The first kappa shape index (κ1) is 12.0. The molecule has 1 aliphatic heterocycles. The second kappa shape index (κ2) is 4.53. The fourth-order valence-corrected chi connectivity index (χ4v) is 2.47. The lowest BCUT2D eigenvalue weighted by molar-refractivity contribution is 0.626. The van der Waals surface area contributed by atoms with Crippen LogP contribution in [0.2, 0.25) is 0 Å². The molecule has 0 saturated heterocycles. The van der Waals surface area contributed by atoms with Crippen LogP contribution in [0.15, 0.2) is 36.4 Å². The Morgan fingerprint density at radius 3 is 2.74 bits per heavy atom. The van der Waals surface area contributed by atoms with Crippen LogP contribution >= 0.6 is 0 Å². The number of fused-ring (bicyclic) bond motifs is 1. The number of benzene rings is 2. The number of anilines is 2. The molecule has 0 bridgehead atoms. The Kier molecular flexibility index (Phi) is 2.85. The van der Waals surface area contributed by atoms with E-state index in [1.807, 2.05) is 6.07 Å². The first-order valence-corrected chi connectivity index (χ1v) is 6.21. The minimum atomic E-state index is -0.406. The van der Waals surface area contributed by atoms with Crippen molar-refractivity contribution >= 4 is 11.4 Å². The Hall–Kier alpha value is -2.10. The highest BCUT2D eigenvalue weighted by molar-refractivity contribution is 5.58. The fraction of sp³-hybridized carbons (Fsp3) is 0.200. The maximum atomic E-state index is 13.4. The largest absolute Gasteiger partial charge is 0.396 e. The van der Waals surface area contributed by atoms with Crippen molar-refractivity contribution in [3.63, 3.8) is 0 Å². The van der Waals surface area contributed by atoms with Crippen molar-refractivity contribution in [3.8, 4) is 0 Å². The van der Waals surface area contributed by atoms with Gasteiger partial charge < -0.3 is 10.6 Å². The van der Waals surface area contributed by atoms with E-state index in [-0.39, 0.29) is 11.5 Å². The SMILES string of the molecule is Nc1ccc(CN2CCc3ccc(F)cc32)cc1F. The second-order valence-corrected chi connectivity index (χ2v) is 4.80. The monoisotopic (exact) mass is 260 g/mol. The molecule has 0 amide bonds. The van der Waals surface area contributed by atoms with Gasteiger partial charge in [0.25, 0.3) is 0 Å². The third-order valence-electron chi connectivity index (χ3n) is 3.48.